The van der Waals surface area contributed by atoms with E-state index in [9.17, 15) is 19.5 Å². The van der Waals surface area contributed by atoms with Crippen molar-refractivity contribution in [2.24, 2.45) is 5.73 Å². The molecule has 8 heteroatoms. The maximum absolute atomic E-state index is 12.8. The van der Waals surface area contributed by atoms with Crippen LogP contribution in [-0.2, 0) is 20.8 Å². The monoisotopic (exact) mass is 546 g/mol. The molecule has 222 valence electrons. The zero-order valence-corrected chi connectivity index (χ0v) is 24.3. The Morgan fingerprint density at radius 3 is 1.82 bits per heavy atom. The number of nitrogens with one attached hydrogen (secondary N) is 3. The molecule has 0 saturated heterocycles. The number of hydrogen-bond donors (Lipinski definition) is 5. The Balaban J connectivity index is 2.05. The molecule has 1 aromatic rings. The molecule has 1 atom stereocenters. The van der Waals surface area contributed by atoms with Gasteiger partial charge in [0.2, 0.25) is 17.7 Å². The molecule has 8 nitrogen and oxygen atoms in total. The van der Waals surface area contributed by atoms with Gasteiger partial charge in [0.15, 0.2) is 0 Å². The van der Waals surface area contributed by atoms with Crippen molar-refractivity contribution in [2.45, 2.75) is 122 Å². The van der Waals surface area contributed by atoms with Gasteiger partial charge < -0.3 is 26.8 Å². The van der Waals surface area contributed by atoms with Gasteiger partial charge in [-0.05, 0) is 56.3 Å². The first kappa shape index (κ1) is 34.4. The first-order valence-corrected chi connectivity index (χ1v) is 15.3. The third kappa shape index (κ3) is 19.2. The van der Waals surface area contributed by atoms with E-state index >= 15 is 0 Å². The summed E-state index contributed by atoms with van der Waals surface area (Å²) in [6, 6.07) is 6.11. The summed E-state index contributed by atoms with van der Waals surface area (Å²) in [6.07, 6.45) is 16.7. The fraction of sp³-hybridized carbons (Fsp3) is 0.710. The van der Waals surface area contributed by atoms with Crippen LogP contribution in [0.1, 0.15) is 115 Å². The Morgan fingerprint density at radius 2 is 1.26 bits per heavy atom. The van der Waals surface area contributed by atoms with Crippen molar-refractivity contribution in [2.75, 3.05) is 19.6 Å². The molecule has 0 heterocycles. The number of aromatic hydroxyl groups is 1. The number of carbonyl (C=O) groups is 3. The summed E-state index contributed by atoms with van der Waals surface area (Å²) >= 11 is 0. The molecule has 0 aliphatic carbocycles. The van der Waals surface area contributed by atoms with Crippen LogP contribution >= 0.6 is 0 Å². The average molecular weight is 547 g/mol. The van der Waals surface area contributed by atoms with Gasteiger partial charge in [-0.25, -0.2) is 0 Å². The summed E-state index contributed by atoms with van der Waals surface area (Å²) in [5.41, 5.74) is 6.35. The molecule has 0 aromatic heterocycles. The average Bonchev–Trinajstić information content (AvgIpc) is 2.92. The normalized spacial score (nSPS) is 11.6. The van der Waals surface area contributed by atoms with Crippen molar-refractivity contribution in [1.29, 1.82) is 0 Å². The maximum atomic E-state index is 12.8. The van der Waals surface area contributed by atoms with Gasteiger partial charge in [-0.2, -0.15) is 0 Å². The van der Waals surface area contributed by atoms with Crippen molar-refractivity contribution < 1.29 is 19.5 Å². The lowest BCUT2D eigenvalue weighted by Crippen LogP contribution is -2.48. The number of nitrogens with two attached hydrogens (primary N) is 1. The number of amides is 3. The molecular formula is C31H54N4O4. The smallest absolute Gasteiger partial charge is 0.242 e. The van der Waals surface area contributed by atoms with E-state index < -0.39 is 6.04 Å². The maximum Gasteiger partial charge on any atom is 0.242 e. The zero-order valence-electron chi connectivity index (χ0n) is 24.3. The van der Waals surface area contributed by atoms with E-state index in [0.29, 0.717) is 32.4 Å². The van der Waals surface area contributed by atoms with E-state index in [4.69, 9.17) is 5.73 Å². The fourth-order valence-corrected chi connectivity index (χ4v) is 4.49. The van der Waals surface area contributed by atoms with Gasteiger partial charge in [-0.15, -0.1) is 0 Å². The Bertz CT molecular complexity index is 785. The van der Waals surface area contributed by atoms with Crippen LogP contribution in [0.2, 0.25) is 0 Å². The number of hydrogen-bond acceptors (Lipinski definition) is 5. The van der Waals surface area contributed by atoms with Crippen molar-refractivity contribution in [1.82, 2.24) is 16.0 Å². The van der Waals surface area contributed by atoms with Crippen LogP contribution in [0.3, 0.4) is 0 Å². The van der Waals surface area contributed by atoms with Crippen molar-refractivity contribution in [3.8, 4) is 5.75 Å². The second-order valence-electron chi connectivity index (χ2n) is 10.5. The number of rotatable bonds is 24. The highest BCUT2D eigenvalue weighted by Crippen LogP contribution is 2.13. The minimum atomic E-state index is -0.615. The second kappa shape index (κ2) is 23.3. The Labute approximate surface area is 236 Å². The quantitative estimate of drug-likeness (QED) is 0.118. The first-order chi connectivity index (χ1) is 19.0. The molecule has 0 saturated carbocycles. The van der Waals surface area contributed by atoms with Crippen LogP contribution in [0.15, 0.2) is 24.3 Å². The molecule has 0 bridgehead atoms. The molecule has 0 aliphatic rings. The summed E-state index contributed by atoms with van der Waals surface area (Å²) in [5.74, 6) is 0.0686. The van der Waals surface area contributed by atoms with E-state index in [0.717, 1.165) is 63.5 Å². The minimum Gasteiger partial charge on any atom is -0.508 e. The molecule has 0 spiro atoms. The highest BCUT2D eigenvalue weighted by Gasteiger charge is 2.20. The summed E-state index contributed by atoms with van der Waals surface area (Å²) < 4.78 is 0. The van der Waals surface area contributed by atoms with Gasteiger partial charge in [0.25, 0.3) is 0 Å². The van der Waals surface area contributed by atoms with Crippen LogP contribution in [0.25, 0.3) is 0 Å². The molecule has 3 amide bonds. The number of phenols is 1. The van der Waals surface area contributed by atoms with E-state index in [1.165, 1.54) is 38.5 Å². The van der Waals surface area contributed by atoms with Gasteiger partial charge in [-0.3, -0.25) is 14.4 Å². The predicted octanol–water partition coefficient (Wildman–Crippen LogP) is 4.87. The third-order valence-corrected chi connectivity index (χ3v) is 6.84. The van der Waals surface area contributed by atoms with Crippen molar-refractivity contribution >= 4 is 17.7 Å². The van der Waals surface area contributed by atoms with Gasteiger partial charge in [-0.1, -0.05) is 76.8 Å². The molecule has 1 rings (SSSR count). The fourth-order valence-electron chi connectivity index (χ4n) is 4.49. The van der Waals surface area contributed by atoms with Crippen molar-refractivity contribution in [3.05, 3.63) is 29.8 Å². The van der Waals surface area contributed by atoms with E-state index in [1.807, 2.05) is 6.92 Å². The molecule has 0 unspecified atom stereocenters. The molecular weight excluding hydrogens is 492 g/mol. The molecule has 0 fully saturated rings. The molecule has 0 radical (unpaired) electrons. The standard InChI is InChI=1S/C31H54N4O4/c1-2-16-30(38)35-28(25-26-18-20-27(36)21-19-26)31(39)34-24-15-10-8-6-4-3-5-7-9-14-23-33-29(37)17-12-11-13-22-32/h18-21,28,36H,2-17,22-25,32H2,1H3,(H,33,37)(H,34,39)(H,35,38)/t28-/m0/s1. The lowest BCUT2D eigenvalue weighted by atomic mass is 10.0. The van der Waals surface area contributed by atoms with Gasteiger partial charge >= 0.3 is 0 Å². The Hall–Kier alpha value is -2.61. The number of benzene rings is 1. The summed E-state index contributed by atoms with van der Waals surface area (Å²) in [6.45, 7) is 4.04. The summed E-state index contributed by atoms with van der Waals surface area (Å²) in [7, 11) is 0. The second-order valence-corrected chi connectivity index (χ2v) is 10.5. The largest absolute Gasteiger partial charge is 0.508 e. The van der Waals surface area contributed by atoms with Crippen LogP contribution < -0.4 is 21.7 Å². The van der Waals surface area contributed by atoms with E-state index in [2.05, 4.69) is 16.0 Å². The minimum absolute atomic E-state index is 0.118. The molecule has 39 heavy (non-hydrogen) atoms. The first-order valence-electron chi connectivity index (χ1n) is 15.3. The van der Waals surface area contributed by atoms with Crippen LogP contribution in [0.5, 0.6) is 5.75 Å². The highest BCUT2D eigenvalue weighted by atomic mass is 16.3. The lowest BCUT2D eigenvalue weighted by molar-refractivity contribution is -0.129. The molecule has 1 aromatic carbocycles. The topological polar surface area (TPSA) is 134 Å². The van der Waals surface area contributed by atoms with Crippen LogP contribution in [0, 0.1) is 0 Å². The molecule has 6 N–H and O–H groups in total. The summed E-state index contributed by atoms with van der Waals surface area (Å²) in [5, 5.41) is 18.3. The van der Waals surface area contributed by atoms with Crippen LogP contribution in [0.4, 0.5) is 0 Å². The van der Waals surface area contributed by atoms with Gasteiger partial charge in [0, 0.05) is 32.4 Å². The van der Waals surface area contributed by atoms with Gasteiger partial charge in [0.05, 0.1) is 0 Å². The Morgan fingerprint density at radius 1 is 0.718 bits per heavy atom. The highest BCUT2D eigenvalue weighted by molar-refractivity contribution is 5.87. The number of carbonyl (C=O) groups excluding carboxylic acids is 3. The molecule has 0 aliphatic heterocycles. The van der Waals surface area contributed by atoms with Gasteiger partial charge in [0.1, 0.15) is 11.8 Å². The van der Waals surface area contributed by atoms with Crippen molar-refractivity contribution in [3.63, 3.8) is 0 Å². The number of phenolic OH excluding ortho intramolecular Hbond substituents is 1. The third-order valence-electron chi connectivity index (χ3n) is 6.84. The van der Waals surface area contributed by atoms with E-state index in [-0.39, 0.29) is 23.5 Å². The summed E-state index contributed by atoms with van der Waals surface area (Å²) in [4.78, 5) is 36.6. The zero-order chi connectivity index (χ0) is 28.6. The predicted molar refractivity (Wildman–Crippen MR) is 158 cm³/mol. The van der Waals surface area contributed by atoms with Crippen LogP contribution in [-0.4, -0.2) is 48.5 Å². The van der Waals surface area contributed by atoms with E-state index in [1.54, 1.807) is 24.3 Å². The number of unbranched alkanes of at least 4 members (excludes halogenated alkanes) is 11. The Kier molecular flexibility index (Phi) is 20.6. The SMILES string of the molecule is CCCC(=O)N[C@@H](Cc1ccc(O)cc1)C(=O)NCCCCCCCCCCCCNC(=O)CCCCCN. The lowest BCUT2D eigenvalue weighted by Gasteiger charge is -2.19.